The molecule has 2 unspecified atom stereocenters. The number of rotatable bonds is 2. The first kappa shape index (κ1) is 10.9. The van der Waals surface area contributed by atoms with Crippen molar-refractivity contribution in [2.45, 2.75) is 38.0 Å². The molecule has 2 heterocycles. The summed E-state index contributed by atoms with van der Waals surface area (Å²) in [6, 6.07) is 0. The van der Waals surface area contributed by atoms with Crippen LogP contribution < -0.4 is 0 Å². The maximum absolute atomic E-state index is 11.2. The third-order valence-corrected chi connectivity index (χ3v) is 2.82. The summed E-state index contributed by atoms with van der Waals surface area (Å²) in [5, 5.41) is 1.78. The van der Waals surface area contributed by atoms with Gasteiger partial charge in [0.25, 0.3) is 0 Å². The van der Waals surface area contributed by atoms with E-state index in [1.165, 1.54) is 7.11 Å². The molecule has 15 heavy (non-hydrogen) atoms. The van der Waals surface area contributed by atoms with E-state index < -0.39 is 6.10 Å². The number of hydroxylamine groups is 2. The average molecular weight is 215 g/mol. The highest BCUT2D eigenvalue weighted by Gasteiger charge is 2.35. The molecule has 86 valence electrons. The summed E-state index contributed by atoms with van der Waals surface area (Å²) < 4.78 is 10.2. The molecule has 5 heteroatoms. The number of methoxy groups -OCH3 is 1. The lowest BCUT2D eigenvalue weighted by Crippen LogP contribution is -2.37. The standard InChI is InChI=1S/C10H17NO4/c1-13-10(12)8-5-6-11(15-8)9-4-2-3-7-14-9/h8-9H,2-7H2,1H3. The van der Waals surface area contributed by atoms with Gasteiger partial charge in [-0.15, -0.1) is 0 Å². The van der Waals surface area contributed by atoms with Crippen LogP contribution in [0.2, 0.25) is 0 Å². The van der Waals surface area contributed by atoms with E-state index in [1.54, 1.807) is 5.06 Å². The van der Waals surface area contributed by atoms with Gasteiger partial charge in [-0.25, -0.2) is 4.79 Å². The highest BCUT2D eigenvalue weighted by molar-refractivity contribution is 5.74. The van der Waals surface area contributed by atoms with Gasteiger partial charge >= 0.3 is 5.97 Å². The minimum atomic E-state index is -0.444. The van der Waals surface area contributed by atoms with Crippen LogP contribution in [-0.2, 0) is 19.1 Å². The van der Waals surface area contributed by atoms with E-state index >= 15 is 0 Å². The lowest BCUT2D eigenvalue weighted by atomic mass is 10.2. The molecule has 2 aliphatic heterocycles. The van der Waals surface area contributed by atoms with Gasteiger partial charge in [-0.2, -0.15) is 5.06 Å². The van der Waals surface area contributed by atoms with Crippen LogP contribution in [0.4, 0.5) is 0 Å². The monoisotopic (exact) mass is 215 g/mol. The SMILES string of the molecule is COC(=O)C1CCN(C2CCCCO2)O1. The first-order valence-electron chi connectivity index (χ1n) is 5.44. The average Bonchev–Trinajstić information content (AvgIpc) is 2.78. The van der Waals surface area contributed by atoms with E-state index in [9.17, 15) is 4.79 Å². The second kappa shape index (κ2) is 4.92. The molecule has 2 saturated heterocycles. The third kappa shape index (κ3) is 2.48. The molecule has 0 N–H and O–H groups in total. The Bertz CT molecular complexity index is 227. The van der Waals surface area contributed by atoms with Crippen LogP contribution in [-0.4, -0.2) is 43.6 Å². The Hall–Kier alpha value is -0.650. The van der Waals surface area contributed by atoms with E-state index in [1.807, 2.05) is 0 Å². The van der Waals surface area contributed by atoms with Crippen LogP contribution in [0.15, 0.2) is 0 Å². The van der Waals surface area contributed by atoms with Crippen LogP contribution in [0.25, 0.3) is 0 Å². The maximum atomic E-state index is 11.2. The number of hydrogen-bond donors (Lipinski definition) is 0. The molecular weight excluding hydrogens is 198 g/mol. The van der Waals surface area contributed by atoms with Crippen LogP contribution in [0, 0.1) is 0 Å². The molecule has 2 rings (SSSR count). The van der Waals surface area contributed by atoms with Crippen molar-refractivity contribution in [3.05, 3.63) is 0 Å². The summed E-state index contributed by atoms with van der Waals surface area (Å²) in [5.41, 5.74) is 0. The number of carbonyl (C=O) groups is 1. The molecular formula is C10H17NO4. The number of hydrogen-bond acceptors (Lipinski definition) is 5. The fraction of sp³-hybridized carbons (Fsp3) is 0.900. The van der Waals surface area contributed by atoms with Gasteiger partial charge in [0, 0.05) is 19.6 Å². The zero-order valence-corrected chi connectivity index (χ0v) is 8.98. The number of carbonyl (C=O) groups excluding carboxylic acids is 1. The first-order chi connectivity index (χ1) is 7.31. The minimum absolute atomic E-state index is 0.0217. The van der Waals surface area contributed by atoms with Crippen molar-refractivity contribution >= 4 is 5.97 Å². The van der Waals surface area contributed by atoms with Gasteiger partial charge < -0.3 is 9.47 Å². The van der Waals surface area contributed by atoms with Gasteiger partial charge in [-0.1, -0.05) is 0 Å². The van der Waals surface area contributed by atoms with Gasteiger partial charge in [-0.3, -0.25) is 4.84 Å². The van der Waals surface area contributed by atoms with Crippen molar-refractivity contribution in [1.29, 1.82) is 0 Å². The second-order valence-electron chi connectivity index (χ2n) is 3.87. The van der Waals surface area contributed by atoms with Gasteiger partial charge in [0.2, 0.25) is 0 Å². The summed E-state index contributed by atoms with van der Waals surface area (Å²) in [6.07, 6.45) is 3.52. The van der Waals surface area contributed by atoms with Gasteiger partial charge in [-0.05, 0) is 19.3 Å². The predicted molar refractivity (Wildman–Crippen MR) is 51.8 cm³/mol. The topological polar surface area (TPSA) is 48.0 Å². The van der Waals surface area contributed by atoms with Crippen molar-refractivity contribution in [2.24, 2.45) is 0 Å². The van der Waals surface area contributed by atoms with Gasteiger partial charge in [0.15, 0.2) is 6.10 Å². The minimum Gasteiger partial charge on any atom is -0.467 e. The number of nitrogens with zero attached hydrogens (tertiary/aromatic N) is 1. The van der Waals surface area contributed by atoms with Crippen LogP contribution in [0.5, 0.6) is 0 Å². The summed E-state index contributed by atoms with van der Waals surface area (Å²) in [7, 11) is 1.38. The Morgan fingerprint density at radius 3 is 2.93 bits per heavy atom. The Balaban J connectivity index is 1.83. The van der Waals surface area contributed by atoms with Crippen LogP contribution >= 0.6 is 0 Å². The molecule has 0 spiro atoms. The molecule has 0 saturated carbocycles. The highest BCUT2D eigenvalue weighted by atomic mass is 16.7. The molecule has 0 aliphatic carbocycles. The quantitative estimate of drug-likeness (QED) is 0.634. The van der Waals surface area contributed by atoms with Crippen molar-refractivity contribution in [1.82, 2.24) is 5.06 Å². The maximum Gasteiger partial charge on any atom is 0.337 e. The Morgan fingerprint density at radius 1 is 1.40 bits per heavy atom. The molecule has 0 aromatic heterocycles. The second-order valence-corrected chi connectivity index (χ2v) is 3.87. The molecule has 2 atom stereocenters. The first-order valence-corrected chi connectivity index (χ1v) is 5.44. The predicted octanol–water partition coefficient (Wildman–Crippen LogP) is 0.692. The molecule has 5 nitrogen and oxygen atoms in total. The van der Waals surface area contributed by atoms with E-state index in [0.29, 0.717) is 6.42 Å². The Morgan fingerprint density at radius 2 is 2.27 bits per heavy atom. The summed E-state index contributed by atoms with van der Waals surface area (Å²) in [6.45, 7) is 1.53. The molecule has 2 fully saturated rings. The molecule has 0 amide bonds. The smallest absolute Gasteiger partial charge is 0.337 e. The fourth-order valence-corrected chi connectivity index (χ4v) is 1.97. The van der Waals surface area contributed by atoms with Crippen molar-refractivity contribution in [2.75, 3.05) is 20.3 Å². The van der Waals surface area contributed by atoms with Gasteiger partial charge in [0.1, 0.15) is 6.23 Å². The van der Waals surface area contributed by atoms with Crippen molar-refractivity contribution < 1.29 is 19.1 Å². The Labute approximate surface area is 89.2 Å². The zero-order chi connectivity index (χ0) is 10.7. The van der Waals surface area contributed by atoms with Crippen LogP contribution in [0.1, 0.15) is 25.7 Å². The summed E-state index contributed by atoms with van der Waals surface area (Å²) in [4.78, 5) is 16.7. The summed E-state index contributed by atoms with van der Waals surface area (Å²) >= 11 is 0. The number of esters is 1. The van der Waals surface area contributed by atoms with Crippen LogP contribution in [0.3, 0.4) is 0 Å². The molecule has 0 aromatic rings. The molecule has 0 radical (unpaired) electrons. The van der Waals surface area contributed by atoms with Crippen molar-refractivity contribution in [3.63, 3.8) is 0 Å². The van der Waals surface area contributed by atoms with E-state index in [-0.39, 0.29) is 12.2 Å². The lowest BCUT2D eigenvalue weighted by molar-refractivity contribution is -0.250. The van der Waals surface area contributed by atoms with E-state index in [2.05, 4.69) is 4.74 Å². The van der Waals surface area contributed by atoms with E-state index in [0.717, 1.165) is 32.4 Å². The largest absolute Gasteiger partial charge is 0.467 e. The van der Waals surface area contributed by atoms with E-state index in [4.69, 9.17) is 9.57 Å². The highest BCUT2D eigenvalue weighted by Crippen LogP contribution is 2.23. The van der Waals surface area contributed by atoms with Gasteiger partial charge in [0.05, 0.1) is 7.11 Å². The Kier molecular flexibility index (Phi) is 3.56. The molecule has 2 aliphatic rings. The van der Waals surface area contributed by atoms with Crippen molar-refractivity contribution in [3.8, 4) is 0 Å². The fourth-order valence-electron chi connectivity index (χ4n) is 1.97. The molecule has 0 aromatic carbocycles. The molecule has 0 bridgehead atoms. The third-order valence-electron chi connectivity index (χ3n) is 2.82. The lowest BCUT2D eigenvalue weighted by Gasteiger charge is -2.29. The summed E-state index contributed by atoms with van der Waals surface area (Å²) in [5.74, 6) is -0.298. The zero-order valence-electron chi connectivity index (χ0n) is 8.98. The normalized spacial score (nSPS) is 32.9. The number of ether oxygens (including phenoxy) is 2.